The number of pyridine rings is 1. The summed E-state index contributed by atoms with van der Waals surface area (Å²) in [6.45, 7) is 0.929. The topological polar surface area (TPSA) is 57.2 Å². The molecule has 0 saturated carbocycles. The molecule has 19 heavy (non-hydrogen) atoms. The summed E-state index contributed by atoms with van der Waals surface area (Å²) >= 11 is 6.48. The minimum atomic E-state index is -0.171. The maximum atomic E-state index is 12.4. The standard InChI is InChI=1S/C13H14N2O2S2/c1-17-7-6-15-10(11-3-2-8-19-11)5-4-9(12(14)18)13(15)16/h2-5,8H,6-7H2,1H3,(H2,14,18). The number of hydrogen-bond donors (Lipinski definition) is 1. The monoisotopic (exact) mass is 294 g/mol. The van der Waals surface area contributed by atoms with Gasteiger partial charge in [0, 0.05) is 13.7 Å². The number of thiophene rings is 1. The summed E-state index contributed by atoms with van der Waals surface area (Å²) in [4.78, 5) is 13.5. The molecule has 2 aromatic rings. The molecule has 2 N–H and O–H groups in total. The Morgan fingerprint density at radius 1 is 1.47 bits per heavy atom. The lowest BCUT2D eigenvalue weighted by Gasteiger charge is -2.13. The summed E-state index contributed by atoms with van der Waals surface area (Å²) < 4.78 is 6.71. The van der Waals surface area contributed by atoms with Crippen molar-refractivity contribution < 1.29 is 4.74 Å². The summed E-state index contributed by atoms with van der Waals surface area (Å²) in [7, 11) is 1.60. The van der Waals surface area contributed by atoms with Crippen molar-refractivity contribution in [1.29, 1.82) is 0 Å². The smallest absolute Gasteiger partial charge is 0.261 e. The quantitative estimate of drug-likeness (QED) is 0.855. The van der Waals surface area contributed by atoms with Crippen molar-refractivity contribution in [3.05, 3.63) is 45.6 Å². The van der Waals surface area contributed by atoms with Crippen LogP contribution in [0, 0.1) is 0 Å². The van der Waals surface area contributed by atoms with Crippen LogP contribution in [0.1, 0.15) is 5.56 Å². The maximum Gasteiger partial charge on any atom is 0.261 e. The molecule has 0 atom stereocenters. The fourth-order valence-electron chi connectivity index (χ4n) is 1.81. The fourth-order valence-corrected chi connectivity index (χ4v) is 2.73. The molecular formula is C13H14N2O2S2. The third-order valence-electron chi connectivity index (χ3n) is 2.73. The highest BCUT2D eigenvalue weighted by atomic mass is 32.1. The molecule has 2 heterocycles. The van der Waals surface area contributed by atoms with E-state index in [1.54, 1.807) is 29.1 Å². The molecule has 0 radical (unpaired) electrons. The zero-order valence-electron chi connectivity index (χ0n) is 10.5. The highest BCUT2D eigenvalue weighted by molar-refractivity contribution is 7.80. The molecule has 0 bridgehead atoms. The van der Waals surface area contributed by atoms with Crippen LogP contribution in [0.4, 0.5) is 0 Å². The van der Waals surface area contributed by atoms with Crippen LogP contribution in [0.2, 0.25) is 0 Å². The van der Waals surface area contributed by atoms with Gasteiger partial charge in [-0.3, -0.25) is 4.79 Å². The highest BCUT2D eigenvalue weighted by Gasteiger charge is 2.12. The van der Waals surface area contributed by atoms with Gasteiger partial charge in [-0.05, 0) is 23.6 Å². The Balaban J connectivity index is 2.58. The van der Waals surface area contributed by atoms with Gasteiger partial charge in [0.1, 0.15) is 4.99 Å². The van der Waals surface area contributed by atoms with Crippen molar-refractivity contribution >= 4 is 28.5 Å². The van der Waals surface area contributed by atoms with E-state index < -0.39 is 0 Å². The van der Waals surface area contributed by atoms with Gasteiger partial charge in [0.05, 0.1) is 22.7 Å². The summed E-state index contributed by atoms with van der Waals surface area (Å²) in [5.41, 5.74) is 6.62. The number of methoxy groups -OCH3 is 1. The van der Waals surface area contributed by atoms with Gasteiger partial charge in [0.15, 0.2) is 0 Å². The van der Waals surface area contributed by atoms with E-state index in [0.29, 0.717) is 18.7 Å². The number of nitrogens with two attached hydrogens (primary N) is 1. The van der Waals surface area contributed by atoms with Gasteiger partial charge in [-0.2, -0.15) is 0 Å². The number of nitrogens with zero attached hydrogens (tertiary/aromatic N) is 1. The van der Waals surface area contributed by atoms with Gasteiger partial charge in [0.2, 0.25) is 0 Å². The van der Waals surface area contributed by atoms with E-state index in [2.05, 4.69) is 0 Å². The van der Waals surface area contributed by atoms with E-state index in [1.165, 1.54) is 0 Å². The average molecular weight is 294 g/mol. The van der Waals surface area contributed by atoms with Gasteiger partial charge in [-0.1, -0.05) is 18.3 Å². The molecule has 0 aliphatic rings. The fraction of sp³-hybridized carbons (Fsp3) is 0.231. The minimum absolute atomic E-state index is 0.119. The van der Waals surface area contributed by atoms with Crippen LogP contribution < -0.4 is 11.3 Å². The van der Waals surface area contributed by atoms with Crippen LogP contribution in [0.5, 0.6) is 0 Å². The van der Waals surface area contributed by atoms with Crippen LogP contribution >= 0.6 is 23.6 Å². The second kappa shape index (κ2) is 6.10. The lowest BCUT2D eigenvalue weighted by Crippen LogP contribution is -2.30. The molecule has 0 aromatic carbocycles. The molecule has 2 aromatic heterocycles. The molecule has 0 saturated heterocycles. The van der Waals surface area contributed by atoms with Gasteiger partial charge >= 0.3 is 0 Å². The lowest BCUT2D eigenvalue weighted by molar-refractivity contribution is 0.186. The zero-order valence-corrected chi connectivity index (χ0v) is 12.1. The maximum absolute atomic E-state index is 12.4. The van der Waals surface area contributed by atoms with E-state index in [-0.39, 0.29) is 10.5 Å². The Morgan fingerprint density at radius 3 is 2.84 bits per heavy atom. The molecule has 0 fully saturated rings. The predicted molar refractivity (Wildman–Crippen MR) is 81.8 cm³/mol. The molecule has 6 heteroatoms. The molecule has 2 rings (SSSR count). The summed E-state index contributed by atoms with van der Waals surface area (Å²) in [6.07, 6.45) is 0. The molecule has 0 aliphatic carbocycles. The Kier molecular flexibility index (Phi) is 4.47. The first kappa shape index (κ1) is 13.9. The first-order chi connectivity index (χ1) is 9.15. The first-order valence-electron chi connectivity index (χ1n) is 5.71. The van der Waals surface area contributed by atoms with Crippen molar-refractivity contribution in [3.8, 4) is 10.6 Å². The van der Waals surface area contributed by atoms with Crippen molar-refractivity contribution in [2.24, 2.45) is 5.73 Å². The van der Waals surface area contributed by atoms with E-state index >= 15 is 0 Å². The number of hydrogen-bond acceptors (Lipinski definition) is 4. The molecule has 0 aliphatic heterocycles. The van der Waals surface area contributed by atoms with E-state index in [1.807, 2.05) is 23.6 Å². The summed E-state index contributed by atoms with van der Waals surface area (Å²) in [5, 5.41) is 1.97. The van der Waals surface area contributed by atoms with Gasteiger partial charge in [0.25, 0.3) is 5.56 Å². The predicted octanol–water partition coefficient (Wildman–Crippen LogP) is 1.86. The van der Waals surface area contributed by atoms with Crippen molar-refractivity contribution in [3.63, 3.8) is 0 Å². The first-order valence-corrected chi connectivity index (χ1v) is 7.00. The molecule has 0 amide bonds. The van der Waals surface area contributed by atoms with Crippen molar-refractivity contribution in [2.75, 3.05) is 13.7 Å². The van der Waals surface area contributed by atoms with Gasteiger partial charge in [-0.25, -0.2) is 0 Å². The van der Waals surface area contributed by atoms with Crippen molar-refractivity contribution in [2.45, 2.75) is 6.54 Å². The Labute approximate surface area is 120 Å². The Bertz CT molecular complexity index is 633. The number of ether oxygens (including phenoxy) is 1. The SMILES string of the molecule is COCCn1c(-c2cccs2)ccc(C(N)=S)c1=O. The van der Waals surface area contributed by atoms with Crippen LogP contribution in [0.25, 0.3) is 10.6 Å². The van der Waals surface area contributed by atoms with Gasteiger partial charge < -0.3 is 15.0 Å². The normalized spacial score (nSPS) is 10.6. The third kappa shape index (κ3) is 2.91. The lowest BCUT2D eigenvalue weighted by atomic mass is 10.2. The minimum Gasteiger partial charge on any atom is -0.389 e. The van der Waals surface area contributed by atoms with Crippen LogP contribution in [-0.4, -0.2) is 23.3 Å². The van der Waals surface area contributed by atoms with Crippen LogP contribution in [-0.2, 0) is 11.3 Å². The van der Waals surface area contributed by atoms with E-state index in [4.69, 9.17) is 22.7 Å². The van der Waals surface area contributed by atoms with Crippen molar-refractivity contribution in [1.82, 2.24) is 4.57 Å². The largest absolute Gasteiger partial charge is 0.389 e. The molecule has 0 unspecified atom stereocenters. The summed E-state index contributed by atoms with van der Waals surface area (Å²) in [6, 6.07) is 7.48. The number of thiocarbonyl (C=S) groups is 1. The average Bonchev–Trinajstić information content (AvgIpc) is 2.90. The number of rotatable bonds is 5. The molecule has 100 valence electrons. The Hall–Kier alpha value is -1.50. The summed E-state index contributed by atoms with van der Waals surface area (Å²) in [5.74, 6) is 0. The Morgan fingerprint density at radius 2 is 2.26 bits per heavy atom. The highest BCUT2D eigenvalue weighted by Crippen LogP contribution is 2.23. The zero-order chi connectivity index (χ0) is 13.8. The van der Waals surface area contributed by atoms with Crippen LogP contribution in [0.3, 0.4) is 0 Å². The molecule has 0 spiro atoms. The second-order valence-electron chi connectivity index (χ2n) is 3.92. The third-order valence-corrected chi connectivity index (χ3v) is 3.84. The molecule has 4 nitrogen and oxygen atoms in total. The van der Waals surface area contributed by atoms with E-state index in [0.717, 1.165) is 10.6 Å². The number of aromatic nitrogens is 1. The van der Waals surface area contributed by atoms with Crippen LogP contribution in [0.15, 0.2) is 34.4 Å². The van der Waals surface area contributed by atoms with Gasteiger partial charge in [-0.15, -0.1) is 11.3 Å². The van der Waals surface area contributed by atoms with E-state index in [9.17, 15) is 4.79 Å². The molecular weight excluding hydrogens is 280 g/mol. The second-order valence-corrected chi connectivity index (χ2v) is 5.31.